The Morgan fingerprint density at radius 2 is 2.28 bits per heavy atom. The van der Waals surface area contributed by atoms with Crippen LogP contribution in [-0.4, -0.2) is 54.4 Å². The summed E-state index contributed by atoms with van der Waals surface area (Å²) in [5.41, 5.74) is 0. The molecule has 0 saturated carbocycles. The molecule has 0 aromatic rings. The molecule has 3 N–H and O–H groups in total. The van der Waals surface area contributed by atoms with E-state index in [1.807, 2.05) is 0 Å². The van der Waals surface area contributed by atoms with Crippen LogP contribution in [0.4, 0.5) is 4.79 Å². The average Bonchev–Trinajstić information content (AvgIpc) is 2.77. The van der Waals surface area contributed by atoms with Crippen LogP contribution in [0.5, 0.6) is 0 Å². The van der Waals surface area contributed by atoms with Crippen molar-refractivity contribution in [1.29, 1.82) is 0 Å². The third-order valence-corrected chi connectivity index (χ3v) is 3.30. The van der Waals surface area contributed by atoms with Gasteiger partial charge in [-0.25, -0.2) is 4.79 Å². The summed E-state index contributed by atoms with van der Waals surface area (Å²) in [6.07, 6.45) is 5.08. The third-order valence-electron chi connectivity index (χ3n) is 2.43. The molecule has 2 atom stereocenters. The fraction of sp³-hybridized carbons (Fsp3) is 0.636. The van der Waals surface area contributed by atoms with Crippen molar-refractivity contribution in [1.82, 2.24) is 10.6 Å². The first kappa shape index (κ1) is 14.7. The fourth-order valence-electron chi connectivity index (χ4n) is 1.53. The van der Waals surface area contributed by atoms with Crippen molar-refractivity contribution < 1.29 is 19.4 Å². The van der Waals surface area contributed by atoms with E-state index in [-0.39, 0.29) is 19.2 Å². The van der Waals surface area contributed by atoms with Gasteiger partial charge in [-0.1, -0.05) is 5.92 Å². The van der Waals surface area contributed by atoms with Crippen LogP contribution < -0.4 is 10.6 Å². The van der Waals surface area contributed by atoms with Crippen LogP contribution in [0.1, 0.15) is 0 Å². The Bertz CT molecular complexity index is 342. The predicted molar refractivity (Wildman–Crippen MR) is 68.4 cm³/mol. The number of aliphatic carboxylic acids is 1. The lowest BCUT2D eigenvalue weighted by molar-refractivity contribution is -0.142. The zero-order valence-corrected chi connectivity index (χ0v) is 10.7. The summed E-state index contributed by atoms with van der Waals surface area (Å²) in [6, 6.07) is -0.848. The van der Waals surface area contributed by atoms with E-state index in [1.165, 1.54) is 0 Å². The number of carbonyl (C=O) groups excluding carboxylic acids is 1. The van der Waals surface area contributed by atoms with Crippen LogP contribution in [0.15, 0.2) is 0 Å². The molecule has 0 aromatic carbocycles. The molecule has 1 rings (SSSR count). The molecule has 100 valence electrons. The second-order valence-electron chi connectivity index (χ2n) is 3.75. The molecular formula is C11H16N2O4S. The van der Waals surface area contributed by atoms with Gasteiger partial charge in [0.15, 0.2) is 0 Å². The molecule has 1 aliphatic rings. The highest BCUT2D eigenvalue weighted by atomic mass is 32.2. The van der Waals surface area contributed by atoms with Crippen LogP contribution in [0, 0.1) is 18.3 Å². The van der Waals surface area contributed by atoms with Crippen molar-refractivity contribution >= 4 is 23.8 Å². The maximum absolute atomic E-state index is 11.5. The maximum Gasteiger partial charge on any atom is 0.315 e. The van der Waals surface area contributed by atoms with E-state index < -0.39 is 17.9 Å². The van der Waals surface area contributed by atoms with Crippen LogP contribution in [0.25, 0.3) is 0 Å². The van der Waals surface area contributed by atoms with Gasteiger partial charge in [-0.2, -0.15) is 0 Å². The van der Waals surface area contributed by atoms with Crippen LogP contribution in [0.2, 0.25) is 0 Å². The van der Waals surface area contributed by atoms with Crippen LogP contribution >= 0.6 is 11.8 Å². The number of rotatable bonds is 6. The standard InChI is InChI=1S/C11H16N2O4S/c1-2-4-18-5-3-12-11(16)13-9-7-17-6-8(9)10(14)15/h1,8-9H,3-7H2,(H,14,15)(H2,12,13,16). The van der Waals surface area contributed by atoms with E-state index in [0.717, 1.165) is 5.75 Å². The molecule has 1 saturated heterocycles. The first-order valence-corrected chi connectivity index (χ1v) is 6.66. The van der Waals surface area contributed by atoms with Gasteiger partial charge >= 0.3 is 12.0 Å². The van der Waals surface area contributed by atoms with Gasteiger partial charge in [0.25, 0.3) is 0 Å². The number of hydrogen-bond donors (Lipinski definition) is 3. The average molecular weight is 272 g/mol. The first-order valence-electron chi connectivity index (χ1n) is 5.51. The van der Waals surface area contributed by atoms with E-state index in [4.69, 9.17) is 16.3 Å². The van der Waals surface area contributed by atoms with Gasteiger partial charge < -0.3 is 20.5 Å². The Labute approximate surface area is 110 Å². The highest BCUT2D eigenvalue weighted by Crippen LogP contribution is 2.13. The number of ether oxygens (including phenoxy) is 1. The van der Waals surface area contributed by atoms with Gasteiger partial charge in [-0.3, -0.25) is 4.79 Å². The molecule has 0 aromatic heterocycles. The quantitative estimate of drug-likeness (QED) is 0.458. The minimum atomic E-state index is -0.956. The second kappa shape index (κ2) is 7.84. The third kappa shape index (κ3) is 4.85. The van der Waals surface area contributed by atoms with E-state index in [1.54, 1.807) is 11.8 Å². The Kier molecular flexibility index (Phi) is 6.39. The molecular weight excluding hydrogens is 256 g/mol. The normalized spacial score (nSPS) is 22.2. The summed E-state index contributed by atoms with van der Waals surface area (Å²) in [6.45, 7) is 0.859. The molecule has 0 spiro atoms. The highest BCUT2D eigenvalue weighted by molar-refractivity contribution is 7.99. The highest BCUT2D eigenvalue weighted by Gasteiger charge is 2.34. The molecule has 1 aliphatic heterocycles. The zero-order valence-electron chi connectivity index (χ0n) is 9.85. The lowest BCUT2D eigenvalue weighted by Gasteiger charge is -2.16. The van der Waals surface area contributed by atoms with Crippen molar-refractivity contribution in [3.05, 3.63) is 0 Å². The van der Waals surface area contributed by atoms with Gasteiger partial charge in [0, 0.05) is 12.3 Å². The summed E-state index contributed by atoms with van der Waals surface area (Å²) in [5.74, 6) is 2.19. The molecule has 6 nitrogen and oxygen atoms in total. The van der Waals surface area contributed by atoms with Crippen molar-refractivity contribution in [3.63, 3.8) is 0 Å². The van der Waals surface area contributed by atoms with Crippen molar-refractivity contribution in [2.24, 2.45) is 5.92 Å². The largest absolute Gasteiger partial charge is 0.481 e. The monoisotopic (exact) mass is 272 g/mol. The Hall–Kier alpha value is -1.39. The Morgan fingerprint density at radius 3 is 2.94 bits per heavy atom. The molecule has 2 unspecified atom stereocenters. The summed E-state index contributed by atoms with van der Waals surface area (Å²) in [4.78, 5) is 22.3. The van der Waals surface area contributed by atoms with Crippen LogP contribution in [-0.2, 0) is 9.53 Å². The maximum atomic E-state index is 11.5. The fourth-order valence-corrected chi connectivity index (χ4v) is 2.04. The number of terminal acetylenes is 1. The number of carboxylic acids is 1. The molecule has 0 radical (unpaired) electrons. The van der Waals surface area contributed by atoms with E-state index in [0.29, 0.717) is 12.3 Å². The molecule has 7 heteroatoms. The van der Waals surface area contributed by atoms with Crippen molar-refractivity contribution in [2.75, 3.05) is 31.3 Å². The van der Waals surface area contributed by atoms with E-state index in [9.17, 15) is 9.59 Å². The number of amides is 2. The topological polar surface area (TPSA) is 87.7 Å². The molecule has 1 heterocycles. The van der Waals surface area contributed by atoms with Gasteiger partial charge in [0.05, 0.1) is 25.0 Å². The van der Waals surface area contributed by atoms with Gasteiger partial charge in [0.1, 0.15) is 5.92 Å². The lowest BCUT2D eigenvalue weighted by Crippen LogP contribution is -2.47. The SMILES string of the molecule is C#CCSCCNC(=O)NC1COCC1C(=O)O. The van der Waals surface area contributed by atoms with Gasteiger partial charge in [0.2, 0.25) is 0 Å². The summed E-state index contributed by atoms with van der Waals surface area (Å²) in [7, 11) is 0. The number of nitrogens with one attached hydrogen (secondary N) is 2. The molecule has 1 fully saturated rings. The van der Waals surface area contributed by atoms with Crippen LogP contribution in [0.3, 0.4) is 0 Å². The summed E-state index contributed by atoms with van der Waals surface area (Å²) < 4.78 is 5.04. The zero-order chi connectivity index (χ0) is 13.4. The number of urea groups is 1. The first-order chi connectivity index (χ1) is 8.65. The number of carbonyl (C=O) groups is 2. The van der Waals surface area contributed by atoms with E-state index in [2.05, 4.69) is 16.6 Å². The van der Waals surface area contributed by atoms with Crippen molar-refractivity contribution in [3.8, 4) is 12.3 Å². The minimum absolute atomic E-state index is 0.137. The number of carboxylic acid groups (broad SMARTS) is 1. The predicted octanol–water partition coefficient (Wildman–Crippen LogP) is -0.248. The molecule has 0 aliphatic carbocycles. The Balaban J connectivity index is 2.19. The minimum Gasteiger partial charge on any atom is -0.481 e. The second-order valence-corrected chi connectivity index (χ2v) is 4.85. The van der Waals surface area contributed by atoms with Crippen molar-refractivity contribution in [2.45, 2.75) is 6.04 Å². The Morgan fingerprint density at radius 1 is 1.50 bits per heavy atom. The summed E-state index contributed by atoms with van der Waals surface area (Å²) >= 11 is 1.55. The molecule has 2 amide bonds. The van der Waals surface area contributed by atoms with E-state index >= 15 is 0 Å². The van der Waals surface area contributed by atoms with Gasteiger partial charge in [-0.05, 0) is 0 Å². The molecule has 0 bridgehead atoms. The van der Waals surface area contributed by atoms with Gasteiger partial charge in [-0.15, -0.1) is 18.2 Å². The summed E-state index contributed by atoms with van der Waals surface area (Å²) in [5, 5.41) is 14.1. The molecule has 18 heavy (non-hydrogen) atoms. The number of hydrogen-bond acceptors (Lipinski definition) is 4. The smallest absolute Gasteiger partial charge is 0.315 e. The lowest BCUT2D eigenvalue weighted by atomic mass is 10.0. The number of thioether (sulfide) groups is 1.